The minimum absolute atomic E-state index is 0.0164. The van der Waals surface area contributed by atoms with Gasteiger partial charge in [0.05, 0.1) is 9.95 Å². The Kier molecular flexibility index (Phi) is 3.84. The molecule has 4 nitrogen and oxygen atoms in total. The Bertz CT molecular complexity index is 586. The van der Waals surface area contributed by atoms with Crippen LogP contribution in [0.25, 0.3) is 0 Å². The van der Waals surface area contributed by atoms with Crippen molar-refractivity contribution in [3.8, 4) is 11.5 Å². The van der Waals surface area contributed by atoms with E-state index in [1.807, 2.05) is 0 Å². The predicted octanol–water partition coefficient (Wildman–Crippen LogP) is 4.80. The Morgan fingerprint density at radius 2 is 1.83 bits per heavy atom. The average molecular weight is 329 g/mol. The van der Waals surface area contributed by atoms with Gasteiger partial charge in [0.1, 0.15) is 11.5 Å². The molecule has 0 aliphatic carbocycles. The number of halogens is 2. The van der Waals surface area contributed by atoms with Gasteiger partial charge < -0.3 is 4.74 Å². The highest BCUT2D eigenvalue weighted by Crippen LogP contribution is 2.32. The average Bonchev–Trinajstić information content (AvgIpc) is 2.34. The summed E-state index contributed by atoms with van der Waals surface area (Å²) in [6.07, 6.45) is 0. The Morgan fingerprint density at radius 1 is 1.17 bits per heavy atom. The molecule has 2 rings (SSSR count). The largest absolute Gasteiger partial charge is 0.456 e. The molecule has 2 aromatic rings. The molecule has 0 amide bonds. The number of rotatable bonds is 3. The molecule has 0 aliphatic rings. The standard InChI is InChI=1S/C12H7BrClNO3/c13-8-1-6-11(14)12(7-8)18-10-4-2-9(3-5-10)15(16)17/h1-7H. The fourth-order valence-electron chi connectivity index (χ4n) is 1.32. The van der Waals surface area contributed by atoms with E-state index in [2.05, 4.69) is 15.9 Å². The SMILES string of the molecule is O=[N+]([O-])c1ccc(Oc2cc(Br)ccc2Cl)cc1. The van der Waals surface area contributed by atoms with Gasteiger partial charge in [-0.05, 0) is 30.3 Å². The summed E-state index contributed by atoms with van der Waals surface area (Å²) in [5.74, 6) is 0.973. The molecule has 0 unspecified atom stereocenters. The van der Waals surface area contributed by atoms with E-state index in [0.717, 1.165) is 4.47 Å². The fourth-order valence-corrected chi connectivity index (χ4v) is 1.81. The zero-order valence-corrected chi connectivity index (χ0v) is 11.3. The van der Waals surface area contributed by atoms with E-state index in [-0.39, 0.29) is 5.69 Å². The monoisotopic (exact) mass is 327 g/mol. The van der Waals surface area contributed by atoms with Crippen LogP contribution < -0.4 is 4.74 Å². The van der Waals surface area contributed by atoms with Crippen LogP contribution in [0.3, 0.4) is 0 Å². The van der Waals surface area contributed by atoms with Crippen LogP contribution >= 0.6 is 27.5 Å². The van der Waals surface area contributed by atoms with Crippen LogP contribution in [-0.2, 0) is 0 Å². The van der Waals surface area contributed by atoms with Gasteiger partial charge in [-0.15, -0.1) is 0 Å². The first-order valence-electron chi connectivity index (χ1n) is 4.93. The number of nitrogens with zero attached hydrogens (tertiary/aromatic N) is 1. The third kappa shape index (κ3) is 3.00. The maximum Gasteiger partial charge on any atom is 0.269 e. The van der Waals surface area contributed by atoms with E-state index >= 15 is 0 Å². The first-order chi connectivity index (χ1) is 8.56. The van der Waals surface area contributed by atoms with Crippen molar-refractivity contribution in [2.45, 2.75) is 0 Å². The van der Waals surface area contributed by atoms with Crippen LogP contribution in [0.15, 0.2) is 46.9 Å². The Hall–Kier alpha value is -1.59. The molecule has 0 saturated heterocycles. The van der Waals surface area contributed by atoms with Gasteiger partial charge in [-0.3, -0.25) is 10.1 Å². The number of ether oxygens (including phenoxy) is 1. The summed E-state index contributed by atoms with van der Waals surface area (Å²) in [5.41, 5.74) is 0.0164. The first-order valence-corrected chi connectivity index (χ1v) is 6.11. The summed E-state index contributed by atoms with van der Waals surface area (Å²) in [6, 6.07) is 11.0. The summed E-state index contributed by atoms with van der Waals surface area (Å²) < 4.78 is 6.38. The van der Waals surface area contributed by atoms with Gasteiger partial charge in [-0.1, -0.05) is 27.5 Å². The summed E-state index contributed by atoms with van der Waals surface area (Å²) in [4.78, 5) is 10.0. The number of nitro benzene ring substituents is 1. The van der Waals surface area contributed by atoms with Crippen LogP contribution in [-0.4, -0.2) is 4.92 Å². The van der Waals surface area contributed by atoms with E-state index in [0.29, 0.717) is 16.5 Å². The number of hydrogen-bond acceptors (Lipinski definition) is 3. The number of nitro groups is 1. The third-order valence-corrected chi connectivity index (χ3v) is 2.97. The molecule has 18 heavy (non-hydrogen) atoms. The minimum atomic E-state index is -0.462. The number of benzene rings is 2. The van der Waals surface area contributed by atoms with Crippen molar-refractivity contribution >= 4 is 33.2 Å². The second-order valence-electron chi connectivity index (χ2n) is 3.43. The lowest BCUT2D eigenvalue weighted by Crippen LogP contribution is -1.89. The van der Waals surface area contributed by atoms with E-state index < -0.39 is 4.92 Å². The Labute approximate surface area is 116 Å². The second kappa shape index (κ2) is 5.37. The van der Waals surface area contributed by atoms with Crippen LogP contribution in [0.2, 0.25) is 5.02 Å². The molecule has 0 aromatic heterocycles. The molecule has 6 heteroatoms. The van der Waals surface area contributed by atoms with Crippen molar-refractivity contribution in [3.63, 3.8) is 0 Å². The van der Waals surface area contributed by atoms with Crippen molar-refractivity contribution in [2.75, 3.05) is 0 Å². The number of non-ortho nitro benzene ring substituents is 1. The van der Waals surface area contributed by atoms with Gasteiger partial charge >= 0.3 is 0 Å². The van der Waals surface area contributed by atoms with Crippen LogP contribution in [0.4, 0.5) is 5.69 Å². The lowest BCUT2D eigenvalue weighted by Gasteiger charge is -2.07. The highest BCUT2D eigenvalue weighted by molar-refractivity contribution is 9.10. The highest BCUT2D eigenvalue weighted by atomic mass is 79.9. The van der Waals surface area contributed by atoms with Crippen LogP contribution in [0.5, 0.6) is 11.5 Å². The molecular formula is C12H7BrClNO3. The molecule has 0 bridgehead atoms. The number of hydrogen-bond donors (Lipinski definition) is 0. The maximum atomic E-state index is 10.5. The summed E-state index contributed by atoms with van der Waals surface area (Å²) in [6.45, 7) is 0. The quantitative estimate of drug-likeness (QED) is 0.600. The maximum absolute atomic E-state index is 10.5. The van der Waals surface area contributed by atoms with E-state index in [4.69, 9.17) is 16.3 Å². The Morgan fingerprint density at radius 3 is 2.44 bits per heavy atom. The molecule has 0 radical (unpaired) electrons. The topological polar surface area (TPSA) is 52.4 Å². The van der Waals surface area contributed by atoms with Gasteiger partial charge in [0, 0.05) is 16.6 Å². The summed E-state index contributed by atoms with van der Waals surface area (Å²) >= 11 is 9.29. The minimum Gasteiger partial charge on any atom is -0.456 e. The van der Waals surface area contributed by atoms with E-state index in [1.54, 1.807) is 18.2 Å². The second-order valence-corrected chi connectivity index (χ2v) is 4.75. The third-order valence-electron chi connectivity index (χ3n) is 2.17. The molecule has 0 aliphatic heterocycles. The summed E-state index contributed by atoms with van der Waals surface area (Å²) in [7, 11) is 0. The first kappa shape index (κ1) is 12.9. The van der Waals surface area contributed by atoms with Crippen molar-refractivity contribution < 1.29 is 9.66 Å². The molecule has 2 aromatic carbocycles. The van der Waals surface area contributed by atoms with Crippen molar-refractivity contribution in [2.24, 2.45) is 0 Å². The molecule has 0 atom stereocenters. The summed E-state index contributed by atoms with van der Waals surface area (Å²) in [5, 5.41) is 11.0. The van der Waals surface area contributed by atoms with Crippen LogP contribution in [0.1, 0.15) is 0 Å². The lowest BCUT2D eigenvalue weighted by molar-refractivity contribution is -0.384. The van der Waals surface area contributed by atoms with Gasteiger partial charge in [0.25, 0.3) is 5.69 Å². The van der Waals surface area contributed by atoms with Crippen molar-refractivity contribution in [1.82, 2.24) is 0 Å². The fraction of sp³-hybridized carbons (Fsp3) is 0. The molecule has 0 heterocycles. The normalized spacial score (nSPS) is 10.1. The van der Waals surface area contributed by atoms with Crippen molar-refractivity contribution in [3.05, 3.63) is 62.1 Å². The van der Waals surface area contributed by atoms with Gasteiger partial charge in [0.15, 0.2) is 0 Å². The van der Waals surface area contributed by atoms with Crippen LogP contribution in [0, 0.1) is 10.1 Å². The zero-order valence-electron chi connectivity index (χ0n) is 8.97. The van der Waals surface area contributed by atoms with Crippen molar-refractivity contribution in [1.29, 1.82) is 0 Å². The Balaban J connectivity index is 2.23. The van der Waals surface area contributed by atoms with E-state index in [1.165, 1.54) is 24.3 Å². The van der Waals surface area contributed by atoms with Gasteiger partial charge in [-0.2, -0.15) is 0 Å². The zero-order chi connectivity index (χ0) is 13.1. The predicted molar refractivity (Wildman–Crippen MR) is 72.3 cm³/mol. The molecule has 0 saturated carbocycles. The molecule has 92 valence electrons. The van der Waals surface area contributed by atoms with E-state index in [9.17, 15) is 10.1 Å². The molecular weight excluding hydrogens is 321 g/mol. The van der Waals surface area contributed by atoms with Gasteiger partial charge in [-0.25, -0.2) is 0 Å². The lowest BCUT2D eigenvalue weighted by atomic mass is 10.3. The molecule has 0 spiro atoms. The highest BCUT2D eigenvalue weighted by Gasteiger charge is 2.07. The van der Waals surface area contributed by atoms with Gasteiger partial charge in [0.2, 0.25) is 0 Å². The smallest absolute Gasteiger partial charge is 0.269 e. The molecule has 0 fully saturated rings. The molecule has 0 N–H and O–H groups in total.